The van der Waals surface area contributed by atoms with Gasteiger partial charge >= 0.3 is 5.97 Å². The SMILES string of the molecule is CC(C)C1(C(C)C)C2CC3C(C(=O)OC31)C2C#N. The highest BCUT2D eigenvalue weighted by molar-refractivity contribution is 5.78. The number of carbonyl (C=O) groups is 1. The van der Waals surface area contributed by atoms with Gasteiger partial charge < -0.3 is 4.74 Å². The molecule has 0 spiro atoms. The zero-order valence-electron chi connectivity index (χ0n) is 11.5. The number of hydrogen-bond donors (Lipinski definition) is 0. The molecule has 1 heterocycles. The van der Waals surface area contributed by atoms with Gasteiger partial charge in [-0.3, -0.25) is 4.79 Å². The Morgan fingerprint density at radius 1 is 1.33 bits per heavy atom. The third-order valence-electron chi connectivity index (χ3n) is 6.00. The molecule has 0 aromatic rings. The maximum Gasteiger partial charge on any atom is 0.311 e. The molecular formula is C15H21NO2. The topological polar surface area (TPSA) is 50.1 Å². The molecule has 2 aliphatic carbocycles. The van der Waals surface area contributed by atoms with Gasteiger partial charge in [0.05, 0.1) is 17.9 Å². The van der Waals surface area contributed by atoms with Gasteiger partial charge in [0.25, 0.3) is 0 Å². The fourth-order valence-corrected chi connectivity index (χ4v) is 5.58. The van der Waals surface area contributed by atoms with E-state index >= 15 is 0 Å². The van der Waals surface area contributed by atoms with Crippen LogP contribution in [-0.4, -0.2) is 12.1 Å². The maximum absolute atomic E-state index is 12.0. The predicted octanol–water partition coefficient (Wildman–Crippen LogP) is 2.62. The number of hydrogen-bond acceptors (Lipinski definition) is 3. The zero-order chi connectivity index (χ0) is 13.2. The van der Waals surface area contributed by atoms with E-state index in [1.165, 1.54) is 0 Å². The number of ether oxygens (including phenoxy) is 1. The van der Waals surface area contributed by atoms with Crippen LogP contribution in [0.2, 0.25) is 0 Å². The van der Waals surface area contributed by atoms with Crippen LogP contribution < -0.4 is 0 Å². The Hall–Kier alpha value is -1.04. The largest absolute Gasteiger partial charge is 0.461 e. The molecular weight excluding hydrogens is 226 g/mol. The highest BCUT2D eigenvalue weighted by atomic mass is 16.6. The van der Waals surface area contributed by atoms with Crippen molar-refractivity contribution < 1.29 is 9.53 Å². The molecule has 3 nitrogen and oxygen atoms in total. The van der Waals surface area contributed by atoms with Gasteiger partial charge in [0.1, 0.15) is 6.10 Å². The van der Waals surface area contributed by atoms with E-state index in [9.17, 15) is 10.1 Å². The van der Waals surface area contributed by atoms with E-state index in [-0.39, 0.29) is 29.3 Å². The molecule has 1 aliphatic heterocycles. The first-order valence-corrected chi connectivity index (χ1v) is 7.06. The van der Waals surface area contributed by atoms with Crippen LogP contribution in [-0.2, 0) is 9.53 Å². The number of esters is 1. The first kappa shape index (κ1) is 12.0. The minimum Gasteiger partial charge on any atom is -0.461 e. The highest BCUT2D eigenvalue weighted by Crippen LogP contribution is 2.70. The van der Waals surface area contributed by atoms with Crippen molar-refractivity contribution in [1.29, 1.82) is 5.26 Å². The number of nitriles is 1. The number of carbonyl (C=O) groups excluding carboxylic acids is 1. The summed E-state index contributed by atoms with van der Waals surface area (Å²) >= 11 is 0. The standard InChI is InChI=1S/C15H21NO2/c1-7(2)15(8(3)4)11-5-9-12(10(11)6-16)14(17)18-13(9)15/h7-13H,5H2,1-4H3. The highest BCUT2D eigenvalue weighted by Gasteiger charge is 2.74. The van der Waals surface area contributed by atoms with E-state index in [2.05, 4.69) is 33.8 Å². The van der Waals surface area contributed by atoms with Gasteiger partial charge in [0, 0.05) is 11.3 Å². The lowest BCUT2D eigenvalue weighted by molar-refractivity contribution is -0.150. The normalized spacial score (nSPS) is 43.6. The van der Waals surface area contributed by atoms with Gasteiger partial charge in [-0.25, -0.2) is 0 Å². The van der Waals surface area contributed by atoms with Crippen LogP contribution in [0.4, 0.5) is 0 Å². The summed E-state index contributed by atoms with van der Waals surface area (Å²) < 4.78 is 5.72. The maximum atomic E-state index is 12.0. The molecule has 5 unspecified atom stereocenters. The summed E-state index contributed by atoms with van der Waals surface area (Å²) in [5, 5.41) is 9.46. The van der Waals surface area contributed by atoms with Crippen LogP contribution in [0.15, 0.2) is 0 Å². The van der Waals surface area contributed by atoms with Gasteiger partial charge in [0.2, 0.25) is 0 Å². The molecule has 0 N–H and O–H groups in total. The van der Waals surface area contributed by atoms with E-state index in [4.69, 9.17) is 4.74 Å². The number of fused-ring (bicyclic) bond motifs is 1. The van der Waals surface area contributed by atoms with Gasteiger partial charge in [-0.2, -0.15) is 5.26 Å². The molecule has 2 saturated carbocycles. The van der Waals surface area contributed by atoms with E-state index in [0.29, 0.717) is 23.7 Å². The van der Waals surface area contributed by atoms with Crippen molar-refractivity contribution >= 4 is 5.97 Å². The molecule has 0 radical (unpaired) electrons. The lowest BCUT2D eigenvalue weighted by Gasteiger charge is -2.48. The van der Waals surface area contributed by atoms with Crippen molar-refractivity contribution in [1.82, 2.24) is 0 Å². The predicted molar refractivity (Wildman–Crippen MR) is 66.2 cm³/mol. The van der Waals surface area contributed by atoms with E-state index in [0.717, 1.165) is 6.42 Å². The van der Waals surface area contributed by atoms with E-state index in [1.54, 1.807) is 0 Å². The molecule has 0 amide bonds. The second-order valence-corrected chi connectivity index (χ2v) is 6.85. The van der Waals surface area contributed by atoms with Crippen LogP contribution in [0, 0.1) is 52.3 Å². The average Bonchev–Trinajstić information content (AvgIpc) is 2.86. The van der Waals surface area contributed by atoms with Crippen molar-refractivity contribution in [2.45, 2.75) is 40.2 Å². The van der Waals surface area contributed by atoms with Gasteiger partial charge in [-0.1, -0.05) is 27.7 Å². The fraction of sp³-hybridized carbons (Fsp3) is 0.867. The lowest BCUT2D eigenvalue weighted by Crippen LogP contribution is -2.50. The van der Waals surface area contributed by atoms with Crippen molar-refractivity contribution in [2.24, 2.45) is 40.9 Å². The second kappa shape index (κ2) is 3.50. The van der Waals surface area contributed by atoms with Crippen molar-refractivity contribution in [2.75, 3.05) is 0 Å². The molecule has 2 bridgehead atoms. The van der Waals surface area contributed by atoms with E-state index < -0.39 is 0 Å². The summed E-state index contributed by atoms with van der Waals surface area (Å²) in [4.78, 5) is 12.0. The first-order valence-electron chi connectivity index (χ1n) is 7.06. The quantitative estimate of drug-likeness (QED) is 0.705. The van der Waals surface area contributed by atoms with Crippen molar-refractivity contribution in [3.8, 4) is 6.07 Å². The van der Waals surface area contributed by atoms with Crippen LogP contribution in [0.5, 0.6) is 0 Å². The fourth-order valence-electron chi connectivity index (χ4n) is 5.58. The van der Waals surface area contributed by atoms with Crippen LogP contribution in [0.25, 0.3) is 0 Å². The van der Waals surface area contributed by atoms with Gasteiger partial charge in [-0.05, 0) is 24.2 Å². The van der Waals surface area contributed by atoms with Crippen LogP contribution in [0.1, 0.15) is 34.1 Å². The van der Waals surface area contributed by atoms with Crippen molar-refractivity contribution in [3.63, 3.8) is 0 Å². The molecule has 1 saturated heterocycles. The smallest absolute Gasteiger partial charge is 0.311 e. The molecule has 0 aromatic carbocycles. The number of nitrogens with zero attached hydrogens (tertiary/aromatic N) is 1. The molecule has 3 heteroatoms. The molecule has 3 aliphatic rings. The zero-order valence-corrected chi connectivity index (χ0v) is 11.5. The van der Waals surface area contributed by atoms with E-state index in [1.807, 2.05) is 0 Å². The Balaban J connectivity index is 2.14. The monoisotopic (exact) mass is 247 g/mol. The summed E-state index contributed by atoms with van der Waals surface area (Å²) in [7, 11) is 0. The lowest BCUT2D eigenvalue weighted by atomic mass is 9.55. The third-order valence-corrected chi connectivity index (χ3v) is 6.00. The molecule has 3 fully saturated rings. The third kappa shape index (κ3) is 1.04. The summed E-state index contributed by atoms with van der Waals surface area (Å²) in [6.45, 7) is 8.87. The summed E-state index contributed by atoms with van der Waals surface area (Å²) in [5.74, 6) is 1.18. The van der Waals surface area contributed by atoms with Crippen molar-refractivity contribution in [3.05, 3.63) is 0 Å². The van der Waals surface area contributed by atoms with Gasteiger partial charge in [-0.15, -0.1) is 0 Å². The molecule has 0 aromatic heterocycles. The Morgan fingerprint density at radius 2 is 1.94 bits per heavy atom. The number of rotatable bonds is 2. The Kier molecular flexibility index (Phi) is 2.33. The minimum atomic E-state index is -0.129. The Labute approximate surface area is 108 Å². The first-order chi connectivity index (χ1) is 8.46. The van der Waals surface area contributed by atoms with Gasteiger partial charge in [0.15, 0.2) is 0 Å². The Bertz CT molecular complexity index is 426. The summed E-state index contributed by atoms with van der Waals surface area (Å²) in [5.41, 5.74) is 0.00766. The van der Waals surface area contributed by atoms with Crippen LogP contribution >= 0.6 is 0 Å². The summed E-state index contributed by atoms with van der Waals surface area (Å²) in [6, 6.07) is 2.42. The molecule has 5 atom stereocenters. The summed E-state index contributed by atoms with van der Waals surface area (Å²) in [6.07, 6.45) is 1.07. The van der Waals surface area contributed by atoms with Crippen LogP contribution in [0.3, 0.4) is 0 Å². The minimum absolute atomic E-state index is 0.00766. The molecule has 18 heavy (non-hydrogen) atoms. The second-order valence-electron chi connectivity index (χ2n) is 6.85. The average molecular weight is 247 g/mol. The molecule has 98 valence electrons. The molecule has 3 rings (SSSR count). The Morgan fingerprint density at radius 3 is 2.44 bits per heavy atom.